The second-order valence-corrected chi connectivity index (χ2v) is 6.85. The molecule has 0 amide bonds. The van der Waals surface area contributed by atoms with Crippen LogP contribution in [-0.4, -0.2) is 12.9 Å². The van der Waals surface area contributed by atoms with Gasteiger partial charge < -0.3 is 4.74 Å². The number of carbonyl (C=O) groups is 1. The number of Topliss-reactive ketones (excluding diaryl/α,β-unsaturated/α-hetero) is 1. The van der Waals surface area contributed by atoms with Crippen molar-refractivity contribution in [3.63, 3.8) is 0 Å². The van der Waals surface area contributed by atoms with Crippen molar-refractivity contribution in [3.8, 4) is 5.75 Å². The quantitative estimate of drug-likeness (QED) is 0.765. The summed E-state index contributed by atoms with van der Waals surface area (Å²) in [7, 11) is 1.41. The first kappa shape index (κ1) is 12.3. The second-order valence-electron chi connectivity index (χ2n) is 6.85. The lowest BCUT2D eigenvalue weighted by molar-refractivity contribution is -0.125. The van der Waals surface area contributed by atoms with E-state index in [0.717, 1.165) is 25.7 Å². The first-order chi connectivity index (χ1) is 9.60. The van der Waals surface area contributed by atoms with Gasteiger partial charge in [0.1, 0.15) is 5.78 Å². The minimum absolute atomic E-state index is 0.102. The third-order valence-corrected chi connectivity index (χ3v) is 5.77. The van der Waals surface area contributed by atoms with Crippen molar-refractivity contribution < 1.29 is 9.53 Å². The van der Waals surface area contributed by atoms with Crippen LogP contribution in [0.5, 0.6) is 5.75 Å². The molecule has 3 unspecified atom stereocenters. The molecule has 4 heteroatoms. The fourth-order valence-corrected chi connectivity index (χ4v) is 5.14. The molecule has 0 heterocycles. The minimum atomic E-state index is -0.556. The number of methoxy groups -OCH3 is 1. The Morgan fingerprint density at radius 1 is 0.900 bits per heavy atom. The van der Waals surface area contributed by atoms with Crippen molar-refractivity contribution >= 4 is 5.78 Å². The van der Waals surface area contributed by atoms with Crippen molar-refractivity contribution in [3.05, 3.63) is 26.0 Å². The van der Waals surface area contributed by atoms with Crippen LogP contribution in [0.3, 0.4) is 0 Å². The predicted octanol–water partition coefficient (Wildman–Crippen LogP) is 1.40. The van der Waals surface area contributed by atoms with Crippen LogP contribution in [0.4, 0.5) is 0 Å². The largest absolute Gasteiger partial charge is 0.492 e. The van der Waals surface area contributed by atoms with Gasteiger partial charge in [0.2, 0.25) is 5.43 Å². The zero-order valence-corrected chi connectivity index (χ0v) is 11.6. The van der Waals surface area contributed by atoms with Crippen LogP contribution < -0.4 is 15.6 Å². The first-order valence-electron chi connectivity index (χ1n) is 7.51. The fraction of sp³-hybridized carbons (Fsp3) is 0.688. The molecular weight excluding hydrogens is 256 g/mol. The van der Waals surface area contributed by atoms with Gasteiger partial charge in [0, 0.05) is 5.92 Å². The monoisotopic (exact) mass is 274 g/mol. The summed E-state index contributed by atoms with van der Waals surface area (Å²) in [5.74, 6) is 1.62. The molecule has 106 valence electrons. The van der Waals surface area contributed by atoms with Gasteiger partial charge in [-0.3, -0.25) is 14.4 Å². The van der Waals surface area contributed by atoms with Crippen LogP contribution in [0.1, 0.15) is 43.6 Å². The molecule has 0 spiro atoms. The zero-order valence-electron chi connectivity index (χ0n) is 11.6. The van der Waals surface area contributed by atoms with Crippen LogP contribution in [0, 0.1) is 23.7 Å². The molecule has 4 aliphatic carbocycles. The van der Waals surface area contributed by atoms with E-state index < -0.39 is 10.9 Å². The highest BCUT2D eigenvalue weighted by Crippen LogP contribution is 2.54. The molecule has 3 atom stereocenters. The number of hydrogen-bond acceptors (Lipinski definition) is 4. The van der Waals surface area contributed by atoms with Gasteiger partial charge in [-0.05, 0) is 49.9 Å². The summed E-state index contributed by atoms with van der Waals surface area (Å²) >= 11 is 0. The van der Waals surface area contributed by atoms with Crippen LogP contribution in [-0.2, 0) is 4.79 Å². The van der Waals surface area contributed by atoms with Crippen molar-refractivity contribution in [1.82, 2.24) is 0 Å². The second kappa shape index (κ2) is 4.03. The van der Waals surface area contributed by atoms with Gasteiger partial charge in [0.05, 0.1) is 18.6 Å². The molecule has 4 fully saturated rings. The van der Waals surface area contributed by atoms with E-state index in [1.807, 2.05) is 0 Å². The molecular formula is C16H18O4. The molecule has 1 aromatic carbocycles. The average molecular weight is 274 g/mol. The third-order valence-electron chi connectivity index (χ3n) is 5.77. The molecule has 4 bridgehead atoms. The van der Waals surface area contributed by atoms with E-state index in [2.05, 4.69) is 0 Å². The maximum absolute atomic E-state index is 12.8. The van der Waals surface area contributed by atoms with Crippen LogP contribution in [0.25, 0.3) is 0 Å². The molecule has 0 radical (unpaired) electrons. The van der Waals surface area contributed by atoms with E-state index in [9.17, 15) is 14.4 Å². The van der Waals surface area contributed by atoms with Gasteiger partial charge in [-0.2, -0.15) is 0 Å². The number of rotatable bonds is 2. The molecule has 5 rings (SSSR count). The fourth-order valence-electron chi connectivity index (χ4n) is 5.14. The summed E-state index contributed by atoms with van der Waals surface area (Å²) in [5.41, 5.74) is -0.652. The van der Waals surface area contributed by atoms with E-state index in [0.29, 0.717) is 17.4 Å². The van der Waals surface area contributed by atoms with Crippen LogP contribution in [0.2, 0.25) is 0 Å². The number of hydrogen-bond donors (Lipinski definition) is 0. The standard InChI is InChI=1S/C16H18O4/c1-20-16-12(14(18)15(16)19)11-9-3-7-2-8(4-9)6-10(5-7)13(11)17/h7-11H,2-6H2,1H3. The molecule has 4 nitrogen and oxygen atoms in total. The predicted molar refractivity (Wildman–Crippen MR) is 72.7 cm³/mol. The number of carbonyl (C=O) groups excluding carboxylic acids is 1. The zero-order chi connectivity index (χ0) is 14.0. The lowest BCUT2D eigenvalue weighted by Crippen LogP contribution is -2.41. The average Bonchev–Trinajstić information content (AvgIpc) is 2.58. The van der Waals surface area contributed by atoms with Crippen molar-refractivity contribution in [2.45, 2.75) is 38.0 Å². The van der Waals surface area contributed by atoms with Crippen molar-refractivity contribution in [1.29, 1.82) is 0 Å². The van der Waals surface area contributed by atoms with E-state index in [4.69, 9.17) is 4.74 Å². The number of ether oxygens (including phenoxy) is 1. The highest BCUT2D eigenvalue weighted by Gasteiger charge is 2.51. The van der Waals surface area contributed by atoms with Gasteiger partial charge in [-0.1, -0.05) is 0 Å². The molecule has 4 saturated carbocycles. The highest BCUT2D eigenvalue weighted by molar-refractivity contribution is 5.90. The molecule has 0 aliphatic heterocycles. The summed E-state index contributed by atoms with van der Waals surface area (Å²) < 4.78 is 5.07. The Hall–Kier alpha value is -1.45. The normalized spacial score (nSPS) is 39.2. The molecule has 0 saturated heterocycles. The summed E-state index contributed by atoms with van der Waals surface area (Å²) in [6.45, 7) is 0. The number of ketones is 1. The van der Waals surface area contributed by atoms with E-state index in [-0.39, 0.29) is 29.3 Å². The summed E-state index contributed by atoms with van der Waals surface area (Å²) in [5, 5.41) is 0. The Morgan fingerprint density at radius 2 is 1.55 bits per heavy atom. The van der Waals surface area contributed by atoms with E-state index in [1.165, 1.54) is 13.5 Å². The number of fused-ring (bicyclic) bond motifs is 1. The van der Waals surface area contributed by atoms with Gasteiger partial charge in [0.25, 0.3) is 5.43 Å². The SMILES string of the molecule is COc1c(C2C(=O)C3CC4CC(C3)CC2C4)c(=O)c1=O. The van der Waals surface area contributed by atoms with E-state index >= 15 is 0 Å². The maximum Gasteiger partial charge on any atom is 0.268 e. The smallest absolute Gasteiger partial charge is 0.268 e. The molecule has 0 N–H and O–H groups in total. The molecule has 1 aromatic rings. The van der Waals surface area contributed by atoms with Crippen LogP contribution >= 0.6 is 0 Å². The molecule has 0 aromatic heterocycles. The Balaban J connectivity index is 1.81. The Bertz CT molecular complexity index is 638. The lowest BCUT2D eigenvalue weighted by atomic mass is 9.66. The van der Waals surface area contributed by atoms with E-state index in [1.54, 1.807) is 0 Å². The van der Waals surface area contributed by atoms with Crippen LogP contribution in [0.15, 0.2) is 9.59 Å². The maximum atomic E-state index is 12.8. The summed E-state index contributed by atoms with van der Waals surface area (Å²) in [4.78, 5) is 36.3. The lowest BCUT2D eigenvalue weighted by Gasteiger charge is -2.38. The molecule has 20 heavy (non-hydrogen) atoms. The Morgan fingerprint density at radius 3 is 2.15 bits per heavy atom. The van der Waals surface area contributed by atoms with Gasteiger partial charge in [-0.15, -0.1) is 0 Å². The van der Waals surface area contributed by atoms with Gasteiger partial charge in [-0.25, -0.2) is 0 Å². The van der Waals surface area contributed by atoms with Crippen molar-refractivity contribution in [2.75, 3.05) is 7.11 Å². The minimum Gasteiger partial charge on any atom is -0.492 e. The summed E-state index contributed by atoms with van der Waals surface area (Å²) in [6, 6.07) is 0. The summed E-state index contributed by atoms with van der Waals surface area (Å²) in [6.07, 6.45) is 5.28. The first-order valence-corrected chi connectivity index (χ1v) is 7.51. The van der Waals surface area contributed by atoms with Crippen molar-refractivity contribution in [2.24, 2.45) is 23.7 Å². The highest BCUT2D eigenvalue weighted by atomic mass is 16.5. The van der Waals surface area contributed by atoms with Gasteiger partial charge >= 0.3 is 0 Å². The van der Waals surface area contributed by atoms with Gasteiger partial charge in [0.15, 0.2) is 5.75 Å². The third kappa shape index (κ3) is 1.45. The Kier molecular flexibility index (Phi) is 2.48. The Labute approximate surface area is 116 Å². The topological polar surface area (TPSA) is 60.4 Å². The molecule has 4 aliphatic rings.